The summed E-state index contributed by atoms with van der Waals surface area (Å²) >= 11 is 7.41. The van der Waals surface area contributed by atoms with E-state index in [9.17, 15) is 4.79 Å². The van der Waals surface area contributed by atoms with Crippen LogP contribution in [0, 0.1) is 0 Å². The third kappa shape index (κ3) is 4.44. The number of ether oxygens (including phenoxy) is 1. The fourth-order valence-corrected chi connectivity index (χ4v) is 2.46. The molecule has 6 heteroatoms. The summed E-state index contributed by atoms with van der Waals surface area (Å²) in [5.41, 5.74) is 0.429. The lowest BCUT2D eigenvalue weighted by molar-refractivity contribution is 0.0934. The van der Waals surface area contributed by atoms with Crippen molar-refractivity contribution in [3.8, 4) is 5.75 Å². The van der Waals surface area contributed by atoms with E-state index in [0.717, 1.165) is 11.4 Å². The molecule has 0 spiro atoms. The molecule has 1 heterocycles. The number of carbonyl (C=O) groups is 1. The Hall–Kier alpha value is -1.59. The topological polar surface area (TPSA) is 51.2 Å². The molecular formula is C15H17ClN2O2S. The summed E-state index contributed by atoms with van der Waals surface area (Å²) in [7, 11) is 0. The van der Waals surface area contributed by atoms with Crippen molar-refractivity contribution in [3.05, 3.63) is 45.4 Å². The Balaban J connectivity index is 1.94. The highest BCUT2D eigenvalue weighted by Crippen LogP contribution is 2.24. The lowest BCUT2D eigenvalue weighted by Gasteiger charge is -2.09. The van der Waals surface area contributed by atoms with Crippen LogP contribution in [-0.4, -0.2) is 16.9 Å². The number of benzene rings is 1. The third-order valence-corrected chi connectivity index (χ3v) is 4.10. The number of thiazole rings is 1. The average molecular weight is 325 g/mol. The Bertz CT molecular complexity index is 615. The number of aromatic nitrogens is 1. The number of hydrogen-bond acceptors (Lipinski definition) is 4. The molecule has 0 aliphatic carbocycles. The molecular weight excluding hydrogens is 308 g/mol. The van der Waals surface area contributed by atoms with Gasteiger partial charge in [0.1, 0.15) is 23.1 Å². The van der Waals surface area contributed by atoms with Gasteiger partial charge in [-0.2, -0.15) is 0 Å². The van der Waals surface area contributed by atoms with Crippen LogP contribution in [0.15, 0.2) is 29.6 Å². The first-order valence-electron chi connectivity index (χ1n) is 6.72. The summed E-state index contributed by atoms with van der Waals surface area (Å²) in [6.07, 6.45) is 0.887. The van der Waals surface area contributed by atoms with Gasteiger partial charge in [0, 0.05) is 11.4 Å². The minimum absolute atomic E-state index is 0.141. The van der Waals surface area contributed by atoms with Gasteiger partial charge in [0.15, 0.2) is 0 Å². The average Bonchev–Trinajstić information content (AvgIpc) is 2.95. The minimum Gasteiger partial charge on any atom is -0.485 e. The fraction of sp³-hybridized carbons (Fsp3) is 0.333. The zero-order valence-electron chi connectivity index (χ0n) is 11.9. The molecule has 0 bridgehead atoms. The highest BCUT2D eigenvalue weighted by Gasteiger charge is 2.13. The number of para-hydroxylation sites is 1. The molecule has 0 fully saturated rings. The molecule has 0 radical (unpaired) electrons. The molecule has 1 amide bonds. The Morgan fingerprint density at radius 2 is 2.24 bits per heavy atom. The summed E-state index contributed by atoms with van der Waals surface area (Å²) in [6.45, 7) is 4.28. The standard InChI is InChI=1S/C15H17ClN2O2S/c1-3-10(2)17-15(19)12-9-21-14(18-12)8-20-13-7-5-4-6-11(13)16/h4-7,9-10H,3,8H2,1-2H3,(H,17,19)/t10-/m0/s1. The molecule has 0 aliphatic rings. The summed E-state index contributed by atoms with van der Waals surface area (Å²) in [4.78, 5) is 16.2. The van der Waals surface area contributed by atoms with Crippen molar-refractivity contribution in [2.24, 2.45) is 0 Å². The molecule has 4 nitrogen and oxygen atoms in total. The van der Waals surface area contributed by atoms with Gasteiger partial charge >= 0.3 is 0 Å². The first-order valence-corrected chi connectivity index (χ1v) is 7.98. The van der Waals surface area contributed by atoms with Gasteiger partial charge in [0.05, 0.1) is 5.02 Å². The summed E-state index contributed by atoms with van der Waals surface area (Å²) in [6, 6.07) is 7.40. The highest BCUT2D eigenvalue weighted by molar-refractivity contribution is 7.09. The zero-order chi connectivity index (χ0) is 15.2. The maximum Gasteiger partial charge on any atom is 0.270 e. The van der Waals surface area contributed by atoms with Crippen molar-refractivity contribution in [1.82, 2.24) is 10.3 Å². The van der Waals surface area contributed by atoms with Crippen LogP contribution in [0.25, 0.3) is 0 Å². The van der Waals surface area contributed by atoms with Crippen LogP contribution in [0.5, 0.6) is 5.75 Å². The van der Waals surface area contributed by atoms with Gasteiger partial charge in [-0.1, -0.05) is 30.7 Å². The van der Waals surface area contributed by atoms with Crippen LogP contribution in [0.4, 0.5) is 0 Å². The Labute approximate surface area is 133 Å². The van der Waals surface area contributed by atoms with Gasteiger partial charge < -0.3 is 10.1 Å². The highest BCUT2D eigenvalue weighted by atomic mass is 35.5. The summed E-state index contributed by atoms with van der Waals surface area (Å²) in [5, 5.41) is 5.92. The lowest BCUT2D eigenvalue weighted by atomic mass is 10.2. The van der Waals surface area contributed by atoms with E-state index in [1.165, 1.54) is 11.3 Å². The van der Waals surface area contributed by atoms with E-state index in [-0.39, 0.29) is 11.9 Å². The van der Waals surface area contributed by atoms with Gasteiger partial charge in [-0.3, -0.25) is 4.79 Å². The van der Waals surface area contributed by atoms with Gasteiger partial charge in [-0.05, 0) is 25.5 Å². The van der Waals surface area contributed by atoms with Gasteiger partial charge in [0.25, 0.3) is 5.91 Å². The molecule has 1 aromatic heterocycles. The van der Waals surface area contributed by atoms with E-state index in [0.29, 0.717) is 23.1 Å². The van der Waals surface area contributed by atoms with Crippen molar-refractivity contribution in [3.63, 3.8) is 0 Å². The molecule has 1 N–H and O–H groups in total. The van der Waals surface area contributed by atoms with E-state index in [4.69, 9.17) is 16.3 Å². The van der Waals surface area contributed by atoms with Crippen LogP contribution in [-0.2, 0) is 6.61 Å². The molecule has 0 unspecified atom stereocenters. The number of carbonyl (C=O) groups excluding carboxylic acids is 1. The largest absolute Gasteiger partial charge is 0.485 e. The number of amides is 1. The summed E-state index contributed by atoms with van der Waals surface area (Å²) < 4.78 is 5.60. The monoisotopic (exact) mass is 324 g/mol. The quantitative estimate of drug-likeness (QED) is 0.876. The third-order valence-electron chi connectivity index (χ3n) is 2.96. The van der Waals surface area contributed by atoms with Crippen LogP contribution in [0.3, 0.4) is 0 Å². The Kier molecular flexibility index (Phi) is 5.59. The minimum atomic E-state index is -0.149. The van der Waals surface area contributed by atoms with Gasteiger partial charge in [-0.25, -0.2) is 4.98 Å². The van der Waals surface area contributed by atoms with Crippen molar-refractivity contribution in [2.45, 2.75) is 32.9 Å². The van der Waals surface area contributed by atoms with Crippen molar-refractivity contribution in [1.29, 1.82) is 0 Å². The van der Waals surface area contributed by atoms with Crippen LogP contribution in [0.2, 0.25) is 5.02 Å². The van der Waals surface area contributed by atoms with E-state index in [2.05, 4.69) is 10.3 Å². The molecule has 1 atom stereocenters. The predicted octanol–water partition coefficient (Wildman–Crippen LogP) is 3.90. The van der Waals surface area contributed by atoms with Crippen LogP contribution in [0.1, 0.15) is 35.8 Å². The molecule has 21 heavy (non-hydrogen) atoms. The number of nitrogens with one attached hydrogen (secondary N) is 1. The maximum absolute atomic E-state index is 11.9. The summed E-state index contributed by atoms with van der Waals surface area (Å²) in [5.74, 6) is 0.463. The van der Waals surface area contributed by atoms with Crippen LogP contribution < -0.4 is 10.1 Å². The second-order valence-electron chi connectivity index (χ2n) is 4.63. The SMILES string of the molecule is CC[C@H](C)NC(=O)c1csc(COc2ccccc2Cl)n1. The lowest BCUT2D eigenvalue weighted by Crippen LogP contribution is -2.32. The number of rotatable bonds is 6. The second-order valence-corrected chi connectivity index (χ2v) is 5.98. The molecule has 2 rings (SSSR count). The first kappa shape index (κ1) is 15.8. The van der Waals surface area contributed by atoms with E-state index < -0.39 is 0 Å². The van der Waals surface area contributed by atoms with E-state index in [1.807, 2.05) is 26.0 Å². The molecule has 2 aromatic rings. The fourth-order valence-electron chi connectivity index (χ4n) is 1.58. The number of nitrogens with zero attached hydrogens (tertiary/aromatic N) is 1. The smallest absolute Gasteiger partial charge is 0.270 e. The molecule has 0 aliphatic heterocycles. The molecule has 112 valence electrons. The van der Waals surface area contributed by atoms with Crippen molar-refractivity contribution in [2.75, 3.05) is 0 Å². The normalized spacial score (nSPS) is 12.0. The number of hydrogen-bond donors (Lipinski definition) is 1. The second kappa shape index (κ2) is 7.43. The van der Waals surface area contributed by atoms with E-state index >= 15 is 0 Å². The van der Waals surface area contributed by atoms with Gasteiger partial charge in [-0.15, -0.1) is 11.3 Å². The van der Waals surface area contributed by atoms with Crippen LogP contribution >= 0.6 is 22.9 Å². The van der Waals surface area contributed by atoms with E-state index in [1.54, 1.807) is 17.5 Å². The first-order chi connectivity index (χ1) is 10.1. The maximum atomic E-state index is 11.9. The van der Waals surface area contributed by atoms with Crippen molar-refractivity contribution < 1.29 is 9.53 Å². The molecule has 0 saturated carbocycles. The Morgan fingerprint density at radius 3 is 2.95 bits per heavy atom. The zero-order valence-corrected chi connectivity index (χ0v) is 13.5. The van der Waals surface area contributed by atoms with Gasteiger partial charge in [0.2, 0.25) is 0 Å². The number of halogens is 1. The predicted molar refractivity (Wildman–Crippen MR) is 85.1 cm³/mol. The van der Waals surface area contributed by atoms with Crippen molar-refractivity contribution >= 4 is 28.8 Å². The molecule has 0 saturated heterocycles. The Morgan fingerprint density at radius 1 is 1.48 bits per heavy atom. The molecule has 1 aromatic carbocycles.